The van der Waals surface area contributed by atoms with Crippen molar-refractivity contribution in [3.63, 3.8) is 0 Å². The summed E-state index contributed by atoms with van der Waals surface area (Å²) in [4.78, 5) is 26.9. The highest BCUT2D eigenvalue weighted by Crippen LogP contribution is 2.28. The van der Waals surface area contributed by atoms with Crippen LogP contribution in [-0.2, 0) is 4.79 Å². The van der Waals surface area contributed by atoms with Crippen molar-refractivity contribution in [1.82, 2.24) is 4.90 Å². The molecule has 0 aromatic heterocycles. The van der Waals surface area contributed by atoms with Gasteiger partial charge in [-0.25, -0.2) is 18.0 Å². The molecule has 0 unspecified atom stereocenters. The number of urea groups is 1. The predicted molar refractivity (Wildman–Crippen MR) is 86.8 cm³/mol. The van der Waals surface area contributed by atoms with Crippen molar-refractivity contribution in [1.29, 1.82) is 0 Å². The number of aliphatic hydroxyl groups excluding tert-OH is 1. The summed E-state index contributed by atoms with van der Waals surface area (Å²) in [5.74, 6) is -2.85. The van der Waals surface area contributed by atoms with Gasteiger partial charge in [0.1, 0.15) is 23.5 Å². The zero-order valence-electron chi connectivity index (χ0n) is 13.7. The van der Waals surface area contributed by atoms with Gasteiger partial charge in [0, 0.05) is 17.3 Å². The van der Waals surface area contributed by atoms with Gasteiger partial charge in [-0.3, -0.25) is 14.6 Å². The predicted octanol–water partition coefficient (Wildman–Crippen LogP) is 2.99. The maximum Gasteiger partial charge on any atom is 0.332 e. The molecule has 0 bridgehead atoms. The summed E-state index contributed by atoms with van der Waals surface area (Å²) in [6, 6.07) is 6.10. The van der Waals surface area contributed by atoms with Crippen molar-refractivity contribution < 1.29 is 27.9 Å². The van der Waals surface area contributed by atoms with E-state index in [1.165, 1.54) is 19.1 Å². The summed E-state index contributed by atoms with van der Waals surface area (Å²) in [5, 5.41) is 10.2. The summed E-state index contributed by atoms with van der Waals surface area (Å²) < 4.78 is 39.8. The third-order valence-electron chi connectivity index (χ3n) is 4.23. The molecule has 1 N–H and O–H groups in total. The van der Waals surface area contributed by atoms with Crippen molar-refractivity contribution in [3.8, 4) is 0 Å². The first-order chi connectivity index (χ1) is 12.3. The highest BCUT2D eigenvalue weighted by molar-refractivity contribution is 6.14. The van der Waals surface area contributed by atoms with Gasteiger partial charge in [0.25, 0.3) is 5.91 Å². The van der Waals surface area contributed by atoms with E-state index >= 15 is 0 Å². The molecule has 1 aliphatic rings. The molecule has 1 heterocycles. The zero-order valence-corrected chi connectivity index (χ0v) is 13.7. The molecule has 2 aromatic carbocycles. The molecule has 0 spiro atoms. The molecular formula is C18H15F3N2O3. The molecule has 1 saturated heterocycles. The fourth-order valence-corrected chi connectivity index (χ4v) is 2.87. The monoisotopic (exact) mass is 364 g/mol. The van der Waals surface area contributed by atoms with Gasteiger partial charge in [-0.2, -0.15) is 0 Å². The van der Waals surface area contributed by atoms with E-state index in [9.17, 15) is 27.9 Å². The van der Waals surface area contributed by atoms with E-state index in [4.69, 9.17) is 0 Å². The molecule has 3 amide bonds. The van der Waals surface area contributed by atoms with E-state index in [1.807, 2.05) is 0 Å². The Morgan fingerprint density at radius 2 is 1.65 bits per heavy atom. The van der Waals surface area contributed by atoms with Crippen LogP contribution in [0.1, 0.15) is 18.6 Å². The van der Waals surface area contributed by atoms with E-state index in [0.717, 1.165) is 34.1 Å². The molecule has 5 nitrogen and oxygen atoms in total. The smallest absolute Gasteiger partial charge is 0.332 e. The Morgan fingerprint density at radius 1 is 1.04 bits per heavy atom. The summed E-state index contributed by atoms with van der Waals surface area (Å²) in [5.41, 5.74) is 0.0992. The van der Waals surface area contributed by atoms with Crippen LogP contribution >= 0.6 is 0 Å². The number of rotatable bonds is 4. The SMILES string of the molecule is C[C@H]1C(=O)N(C[C@H](O)c2ccc(F)cc2F)C(=O)N1c1ccc(F)cc1. The Labute approximate surface area is 147 Å². The van der Waals surface area contributed by atoms with Crippen LogP contribution in [0.15, 0.2) is 42.5 Å². The summed E-state index contributed by atoms with van der Waals surface area (Å²) >= 11 is 0. The van der Waals surface area contributed by atoms with E-state index in [-0.39, 0.29) is 5.56 Å². The average Bonchev–Trinajstić information content (AvgIpc) is 2.79. The lowest BCUT2D eigenvalue weighted by atomic mass is 10.1. The topological polar surface area (TPSA) is 60.9 Å². The van der Waals surface area contributed by atoms with Crippen LogP contribution in [0, 0.1) is 17.5 Å². The second kappa shape index (κ2) is 6.80. The number of hydrogen-bond acceptors (Lipinski definition) is 3. The normalized spacial score (nSPS) is 18.6. The van der Waals surface area contributed by atoms with E-state index in [1.54, 1.807) is 0 Å². The largest absolute Gasteiger partial charge is 0.386 e. The summed E-state index contributed by atoms with van der Waals surface area (Å²) in [6.07, 6.45) is -1.51. The lowest BCUT2D eigenvalue weighted by Crippen LogP contribution is -2.36. The highest BCUT2D eigenvalue weighted by Gasteiger charge is 2.44. The minimum atomic E-state index is -1.51. The molecule has 2 aromatic rings. The first kappa shape index (κ1) is 17.9. The number of anilines is 1. The lowest BCUT2D eigenvalue weighted by molar-refractivity contribution is -0.128. The number of nitrogens with zero attached hydrogens (tertiary/aromatic N) is 2. The number of carbonyl (C=O) groups excluding carboxylic acids is 2. The number of halogens is 3. The summed E-state index contributed by atoms with van der Waals surface area (Å²) in [6.45, 7) is 1.01. The van der Waals surface area contributed by atoms with Crippen molar-refractivity contribution in [2.75, 3.05) is 11.4 Å². The first-order valence-corrected chi connectivity index (χ1v) is 7.82. The van der Waals surface area contributed by atoms with Crippen molar-refractivity contribution in [2.45, 2.75) is 19.1 Å². The molecule has 0 aliphatic carbocycles. The van der Waals surface area contributed by atoms with Gasteiger partial charge in [-0.1, -0.05) is 6.07 Å². The second-order valence-corrected chi connectivity index (χ2v) is 5.94. The third-order valence-corrected chi connectivity index (χ3v) is 4.23. The van der Waals surface area contributed by atoms with Crippen LogP contribution in [-0.4, -0.2) is 34.5 Å². The molecule has 3 rings (SSSR count). The quantitative estimate of drug-likeness (QED) is 0.849. The minimum absolute atomic E-state index is 0.222. The van der Waals surface area contributed by atoms with Crippen LogP contribution in [0.5, 0.6) is 0 Å². The number of carbonyl (C=O) groups is 2. The molecule has 1 fully saturated rings. The number of amides is 3. The highest BCUT2D eigenvalue weighted by atomic mass is 19.1. The van der Waals surface area contributed by atoms with E-state index < -0.39 is 48.1 Å². The fourth-order valence-electron chi connectivity index (χ4n) is 2.87. The van der Waals surface area contributed by atoms with Crippen molar-refractivity contribution >= 4 is 17.6 Å². The number of aliphatic hydroxyl groups is 1. The zero-order chi connectivity index (χ0) is 19.0. The lowest BCUT2D eigenvalue weighted by Gasteiger charge is -2.21. The standard InChI is InChI=1S/C18H15F3N2O3/c1-10-17(25)22(9-16(24)14-7-4-12(20)8-15(14)21)18(26)23(10)13-5-2-11(19)3-6-13/h2-8,10,16,24H,9H2,1H3/t10-,16-/m0/s1. The van der Waals surface area contributed by atoms with Gasteiger partial charge in [-0.15, -0.1) is 0 Å². The van der Waals surface area contributed by atoms with Crippen LogP contribution < -0.4 is 4.90 Å². The number of imide groups is 1. The molecule has 0 saturated carbocycles. The van der Waals surface area contributed by atoms with E-state index in [0.29, 0.717) is 11.8 Å². The molecule has 2 atom stereocenters. The van der Waals surface area contributed by atoms with Gasteiger partial charge < -0.3 is 5.11 Å². The molecule has 1 aliphatic heterocycles. The summed E-state index contributed by atoms with van der Waals surface area (Å²) in [7, 11) is 0. The Bertz CT molecular complexity index is 857. The molecule has 26 heavy (non-hydrogen) atoms. The third kappa shape index (κ3) is 3.15. The van der Waals surface area contributed by atoms with E-state index in [2.05, 4.69) is 0 Å². The van der Waals surface area contributed by atoms with Gasteiger partial charge in [0.2, 0.25) is 0 Å². The Morgan fingerprint density at radius 3 is 2.27 bits per heavy atom. The van der Waals surface area contributed by atoms with Crippen molar-refractivity contribution in [3.05, 3.63) is 65.5 Å². The Hall–Kier alpha value is -2.87. The van der Waals surface area contributed by atoms with Crippen LogP contribution in [0.2, 0.25) is 0 Å². The van der Waals surface area contributed by atoms with Gasteiger partial charge in [0.15, 0.2) is 0 Å². The van der Waals surface area contributed by atoms with Crippen LogP contribution in [0.3, 0.4) is 0 Å². The average molecular weight is 364 g/mol. The minimum Gasteiger partial charge on any atom is -0.386 e. The Balaban J connectivity index is 1.83. The second-order valence-electron chi connectivity index (χ2n) is 5.94. The van der Waals surface area contributed by atoms with Gasteiger partial charge in [0.05, 0.1) is 12.6 Å². The molecule has 0 radical (unpaired) electrons. The van der Waals surface area contributed by atoms with Gasteiger partial charge >= 0.3 is 6.03 Å². The van der Waals surface area contributed by atoms with Crippen LogP contribution in [0.4, 0.5) is 23.7 Å². The fraction of sp³-hybridized carbons (Fsp3) is 0.222. The number of β-amino-alcohol motifs (C(OH)–C–C–N with tert-alkyl or cyclic N) is 1. The van der Waals surface area contributed by atoms with Crippen LogP contribution in [0.25, 0.3) is 0 Å². The first-order valence-electron chi connectivity index (χ1n) is 7.82. The van der Waals surface area contributed by atoms with Crippen molar-refractivity contribution in [2.24, 2.45) is 0 Å². The maximum atomic E-state index is 13.8. The number of hydrogen-bond donors (Lipinski definition) is 1. The maximum absolute atomic E-state index is 13.8. The molecule has 136 valence electrons. The molecular weight excluding hydrogens is 349 g/mol. The number of benzene rings is 2. The Kier molecular flexibility index (Phi) is 4.69. The van der Waals surface area contributed by atoms with Gasteiger partial charge in [-0.05, 0) is 37.3 Å². The molecule has 8 heteroatoms.